The summed E-state index contributed by atoms with van der Waals surface area (Å²) >= 11 is 0. The Morgan fingerprint density at radius 1 is 0.973 bits per heavy atom. The number of nitrogens with zero attached hydrogens (tertiary/aromatic N) is 2. The average molecular weight is 492 g/mol. The predicted octanol–water partition coefficient (Wildman–Crippen LogP) is 5.70. The molecule has 1 N–H and O–H groups in total. The van der Waals surface area contributed by atoms with Crippen molar-refractivity contribution in [1.29, 1.82) is 0 Å². The molecule has 0 spiro atoms. The third kappa shape index (κ3) is 6.07. The van der Waals surface area contributed by atoms with Crippen molar-refractivity contribution in [2.45, 2.75) is 45.0 Å². The van der Waals surface area contributed by atoms with Crippen molar-refractivity contribution in [3.8, 4) is 5.75 Å². The summed E-state index contributed by atoms with van der Waals surface area (Å²) in [6.45, 7) is 4.29. The van der Waals surface area contributed by atoms with E-state index in [1.54, 1.807) is 12.4 Å². The SMILES string of the molecule is CCC(Oc1ccc2c(c1)C(c1ccccc1)N(Cc1ccccc1)CC2)C(=O)NCc1ccncc1. The van der Waals surface area contributed by atoms with Gasteiger partial charge < -0.3 is 10.1 Å². The molecule has 2 atom stereocenters. The number of pyridine rings is 1. The van der Waals surface area contributed by atoms with Gasteiger partial charge in [-0.1, -0.05) is 73.7 Å². The second-order valence-electron chi connectivity index (χ2n) is 9.47. The molecule has 0 radical (unpaired) electrons. The summed E-state index contributed by atoms with van der Waals surface area (Å²) in [6, 6.07) is 31.5. The number of benzene rings is 3. The number of aromatic nitrogens is 1. The summed E-state index contributed by atoms with van der Waals surface area (Å²) in [5.74, 6) is 0.620. The zero-order valence-corrected chi connectivity index (χ0v) is 21.2. The molecule has 37 heavy (non-hydrogen) atoms. The molecule has 0 saturated carbocycles. The van der Waals surface area contributed by atoms with Gasteiger partial charge in [-0.15, -0.1) is 0 Å². The van der Waals surface area contributed by atoms with Crippen LogP contribution < -0.4 is 10.1 Å². The van der Waals surface area contributed by atoms with E-state index in [0.29, 0.717) is 13.0 Å². The van der Waals surface area contributed by atoms with E-state index >= 15 is 0 Å². The van der Waals surface area contributed by atoms with Crippen LogP contribution in [0.25, 0.3) is 0 Å². The molecular formula is C32H33N3O2. The zero-order chi connectivity index (χ0) is 25.5. The van der Waals surface area contributed by atoms with Crippen molar-refractivity contribution in [2.24, 2.45) is 0 Å². The summed E-state index contributed by atoms with van der Waals surface area (Å²) in [5.41, 5.74) is 6.16. The fourth-order valence-corrected chi connectivity index (χ4v) is 5.02. The lowest BCUT2D eigenvalue weighted by Gasteiger charge is -2.38. The number of rotatable bonds is 9. The number of carbonyl (C=O) groups is 1. The number of carbonyl (C=O) groups excluding carboxylic acids is 1. The van der Waals surface area contributed by atoms with Gasteiger partial charge in [-0.2, -0.15) is 0 Å². The maximum Gasteiger partial charge on any atom is 0.261 e. The summed E-state index contributed by atoms with van der Waals surface area (Å²) in [7, 11) is 0. The van der Waals surface area contributed by atoms with Crippen LogP contribution in [0.1, 0.15) is 47.2 Å². The van der Waals surface area contributed by atoms with Crippen LogP contribution in [0.4, 0.5) is 0 Å². The van der Waals surface area contributed by atoms with Crippen LogP contribution in [0.5, 0.6) is 5.75 Å². The molecule has 0 bridgehead atoms. The quantitative estimate of drug-likeness (QED) is 0.326. The predicted molar refractivity (Wildman–Crippen MR) is 146 cm³/mol. The van der Waals surface area contributed by atoms with Gasteiger partial charge in [-0.05, 0) is 64.9 Å². The van der Waals surface area contributed by atoms with Crippen LogP contribution in [0.2, 0.25) is 0 Å². The normalized spacial score (nSPS) is 16.0. The number of nitrogens with one attached hydrogen (secondary N) is 1. The van der Waals surface area contributed by atoms with Gasteiger partial charge in [0.2, 0.25) is 0 Å². The van der Waals surface area contributed by atoms with E-state index in [-0.39, 0.29) is 11.9 Å². The molecule has 5 nitrogen and oxygen atoms in total. The summed E-state index contributed by atoms with van der Waals surface area (Å²) in [5, 5.41) is 3.00. The van der Waals surface area contributed by atoms with E-state index in [1.165, 1.54) is 22.3 Å². The van der Waals surface area contributed by atoms with Gasteiger partial charge in [0.1, 0.15) is 5.75 Å². The van der Waals surface area contributed by atoms with Gasteiger partial charge in [0.15, 0.2) is 6.10 Å². The van der Waals surface area contributed by atoms with Crippen LogP contribution in [-0.4, -0.2) is 28.4 Å². The number of hydrogen-bond donors (Lipinski definition) is 1. The minimum Gasteiger partial charge on any atom is -0.481 e. The molecule has 2 heterocycles. The van der Waals surface area contributed by atoms with E-state index in [1.807, 2.05) is 25.1 Å². The highest BCUT2D eigenvalue weighted by Crippen LogP contribution is 2.38. The molecule has 0 aliphatic carbocycles. The maximum atomic E-state index is 12.9. The molecule has 0 fully saturated rings. The fourth-order valence-electron chi connectivity index (χ4n) is 5.02. The third-order valence-electron chi connectivity index (χ3n) is 6.95. The fraction of sp³-hybridized carbons (Fsp3) is 0.250. The first-order valence-corrected chi connectivity index (χ1v) is 13.0. The smallest absolute Gasteiger partial charge is 0.261 e. The molecule has 1 amide bonds. The number of fused-ring (bicyclic) bond motifs is 1. The van der Waals surface area contributed by atoms with E-state index in [2.05, 4.69) is 88.0 Å². The van der Waals surface area contributed by atoms with E-state index in [0.717, 1.165) is 30.8 Å². The molecule has 188 valence electrons. The summed E-state index contributed by atoms with van der Waals surface area (Å²) < 4.78 is 6.27. The van der Waals surface area contributed by atoms with E-state index in [9.17, 15) is 4.79 Å². The van der Waals surface area contributed by atoms with Crippen molar-refractivity contribution in [2.75, 3.05) is 6.54 Å². The number of hydrogen-bond acceptors (Lipinski definition) is 4. The lowest BCUT2D eigenvalue weighted by Crippen LogP contribution is -2.38. The lowest BCUT2D eigenvalue weighted by atomic mass is 9.87. The van der Waals surface area contributed by atoms with E-state index in [4.69, 9.17) is 4.74 Å². The highest BCUT2D eigenvalue weighted by molar-refractivity contribution is 5.81. The monoisotopic (exact) mass is 491 g/mol. The second kappa shape index (κ2) is 11.8. The van der Waals surface area contributed by atoms with Crippen LogP contribution in [0.3, 0.4) is 0 Å². The minimum atomic E-state index is -0.556. The van der Waals surface area contributed by atoms with Crippen molar-refractivity contribution < 1.29 is 9.53 Å². The highest BCUT2D eigenvalue weighted by atomic mass is 16.5. The number of ether oxygens (including phenoxy) is 1. The lowest BCUT2D eigenvalue weighted by molar-refractivity contribution is -0.128. The average Bonchev–Trinajstić information content (AvgIpc) is 2.96. The Balaban J connectivity index is 1.38. The molecule has 0 saturated heterocycles. The Kier molecular flexibility index (Phi) is 7.92. The Bertz CT molecular complexity index is 1300. The Labute approximate surface area is 219 Å². The molecule has 4 aromatic rings. The maximum absolute atomic E-state index is 12.9. The van der Waals surface area contributed by atoms with E-state index < -0.39 is 6.10 Å². The van der Waals surface area contributed by atoms with Gasteiger partial charge in [-0.3, -0.25) is 14.7 Å². The van der Waals surface area contributed by atoms with Gasteiger partial charge in [0, 0.05) is 32.0 Å². The second-order valence-corrected chi connectivity index (χ2v) is 9.47. The summed E-state index contributed by atoms with van der Waals surface area (Å²) in [6.07, 6.45) is 4.47. The van der Waals surface area contributed by atoms with Crippen LogP contribution in [0, 0.1) is 0 Å². The van der Waals surface area contributed by atoms with Crippen LogP contribution >= 0.6 is 0 Å². The van der Waals surface area contributed by atoms with Crippen molar-refractivity contribution in [1.82, 2.24) is 15.2 Å². The van der Waals surface area contributed by atoms with Crippen LogP contribution in [0.15, 0.2) is 103 Å². The molecule has 3 aromatic carbocycles. The van der Waals surface area contributed by atoms with Gasteiger partial charge in [0.25, 0.3) is 5.91 Å². The molecule has 2 unspecified atom stereocenters. The van der Waals surface area contributed by atoms with Crippen molar-refractivity contribution >= 4 is 5.91 Å². The largest absolute Gasteiger partial charge is 0.481 e. The first-order chi connectivity index (χ1) is 18.2. The highest BCUT2D eigenvalue weighted by Gasteiger charge is 2.29. The molecule has 1 aromatic heterocycles. The molecule has 1 aliphatic heterocycles. The molecular weight excluding hydrogens is 458 g/mol. The number of amides is 1. The van der Waals surface area contributed by atoms with Crippen molar-refractivity contribution in [3.05, 3.63) is 131 Å². The first kappa shape index (κ1) is 24.7. The van der Waals surface area contributed by atoms with Gasteiger partial charge >= 0.3 is 0 Å². The standard InChI is InChI=1S/C32H33N3O2/c1-2-30(32(36)34-22-24-15-18-33-19-16-24)37-28-14-13-26-17-20-35(23-25-9-5-3-6-10-25)31(29(26)21-28)27-11-7-4-8-12-27/h3-16,18-19,21,30-31H,2,17,20,22-23H2,1H3,(H,34,36). The Morgan fingerprint density at radius 2 is 1.70 bits per heavy atom. The van der Waals surface area contributed by atoms with Gasteiger partial charge in [-0.25, -0.2) is 0 Å². The Hall–Kier alpha value is -3.96. The first-order valence-electron chi connectivity index (χ1n) is 13.0. The molecule has 1 aliphatic rings. The zero-order valence-electron chi connectivity index (χ0n) is 21.2. The Morgan fingerprint density at radius 3 is 2.43 bits per heavy atom. The van der Waals surface area contributed by atoms with Crippen molar-refractivity contribution in [3.63, 3.8) is 0 Å². The van der Waals surface area contributed by atoms with Gasteiger partial charge in [0.05, 0.1) is 6.04 Å². The molecule has 5 heteroatoms. The molecule has 5 rings (SSSR count). The van der Waals surface area contributed by atoms with Crippen LogP contribution in [-0.2, 0) is 24.3 Å². The minimum absolute atomic E-state index is 0.109. The summed E-state index contributed by atoms with van der Waals surface area (Å²) in [4.78, 5) is 19.5. The topological polar surface area (TPSA) is 54.5 Å². The third-order valence-corrected chi connectivity index (χ3v) is 6.95.